The van der Waals surface area contributed by atoms with Crippen LogP contribution in [0.3, 0.4) is 0 Å². The largest absolute Gasteiger partial charge is 0.456 e. The van der Waals surface area contributed by atoms with Gasteiger partial charge in [0.1, 0.15) is 33.5 Å². The Balaban J connectivity index is 0.000000104. The number of benzene rings is 28. The molecule has 0 saturated carbocycles. The zero-order valence-electron chi connectivity index (χ0n) is 81.1. The summed E-state index contributed by atoms with van der Waals surface area (Å²) in [5, 5.41) is 35.4. The third-order valence-corrected chi connectivity index (χ3v) is 31.3. The van der Waals surface area contributed by atoms with Crippen molar-refractivity contribution in [1.29, 1.82) is 0 Å². The van der Waals surface area contributed by atoms with Gasteiger partial charge in [-0.25, -0.2) is 0 Å². The highest BCUT2D eigenvalue weighted by Gasteiger charge is 2.26. The van der Waals surface area contributed by atoms with Gasteiger partial charge in [-0.3, -0.25) is 0 Å². The number of fused-ring (bicyclic) bond motifs is 11. The van der Waals surface area contributed by atoms with Crippen molar-refractivity contribution in [2.24, 2.45) is 0 Å². The van der Waals surface area contributed by atoms with Gasteiger partial charge in [-0.1, -0.05) is 482 Å². The van der Waals surface area contributed by atoms with E-state index in [9.17, 15) is 0 Å². The Morgan fingerprint density at radius 2 is 0.442 bits per heavy atom. The van der Waals surface area contributed by atoms with Crippen LogP contribution in [0.2, 0.25) is 0 Å². The number of furan rings is 3. The maximum atomic E-state index is 6.36. The standard InChI is InChI=1S/2C50H30O.C44H32O/c1-2-9-38-31(7-1)8-5-11-39(38)32-15-17-33(18-16-32)40-27-23-36-26-30-45-41(28-24-37-25-29-44(40)48(36)49(37)45)34-19-21-35(22-20-34)42-12-6-13-46-43-10-3-4-14-47(43)51-50(42)46;1-2-7-38-30-39(21-14-31(38)6-1)32-12-15-33(16-13-32)40-26-22-36-25-29-45-41(27-23-37-24-28-44(40)48(36)49(37)45)34-17-19-35(20-18-34)42-9-5-10-46-43-8-3-4-11-47(43)51-50(42)46;1-44(2,3)31-23-29-17-20-35-37(27-11-5-4-6-12-27)26-38(36-21-18-30(24-31)42(29)43(35)36)33-14-8-7-13-32(33)28-19-22-41-39(25-28)34-15-9-10-16-40(34)45-41/h2*1-30H;4-26H,1-3H3. The molecular weight excluding hydrogens is 1780 g/mol. The van der Waals surface area contributed by atoms with Gasteiger partial charge in [0.15, 0.2) is 0 Å². The van der Waals surface area contributed by atoms with Crippen molar-refractivity contribution in [3.8, 4) is 122 Å². The first-order valence-electron chi connectivity index (χ1n) is 50.9. The van der Waals surface area contributed by atoms with Crippen LogP contribution in [-0.4, -0.2) is 0 Å². The maximum Gasteiger partial charge on any atom is 0.143 e. The molecule has 31 aromatic rings. The lowest BCUT2D eigenvalue weighted by Gasteiger charge is -2.23. The lowest BCUT2D eigenvalue weighted by molar-refractivity contribution is 0.591. The molecule has 28 aromatic carbocycles. The maximum absolute atomic E-state index is 6.36. The lowest BCUT2D eigenvalue weighted by atomic mass is 9.81. The molecule has 3 aromatic heterocycles. The molecule has 0 saturated heterocycles. The van der Waals surface area contributed by atoms with E-state index in [1.54, 1.807) is 0 Å². The topological polar surface area (TPSA) is 39.4 Å². The molecule has 3 nitrogen and oxygen atoms in total. The van der Waals surface area contributed by atoms with Crippen molar-refractivity contribution in [2.75, 3.05) is 0 Å². The second-order valence-corrected chi connectivity index (χ2v) is 40.6. The van der Waals surface area contributed by atoms with E-state index in [2.05, 4.69) is 488 Å². The molecule has 0 bridgehead atoms. The first kappa shape index (κ1) is 85.0. The van der Waals surface area contributed by atoms with Gasteiger partial charge in [0.2, 0.25) is 0 Å². The third-order valence-electron chi connectivity index (χ3n) is 31.3. The molecule has 0 aliphatic heterocycles. The van der Waals surface area contributed by atoms with Crippen LogP contribution < -0.4 is 0 Å². The van der Waals surface area contributed by atoms with Crippen LogP contribution in [-0.2, 0) is 5.41 Å². The van der Waals surface area contributed by atoms with Gasteiger partial charge in [0.05, 0.1) is 0 Å². The van der Waals surface area contributed by atoms with E-state index in [0.717, 1.165) is 88.1 Å². The highest BCUT2D eigenvalue weighted by Crippen LogP contribution is 2.52. The summed E-state index contributed by atoms with van der Waals surface area (Å²) in [4.78, 5) is 0. The van der Waals surface area contributed by atoms with Crippen LogP contribution in [0.5, 0.6) is 0 Å². The van der Waals surface area contributed by atoms with Gasteiger partial charge in [0, 0.05) is 43.4 Å². The normalized spacial score (nSPS) is 12.0. The van der Waals surface area contributed by atoms with Crippen LogP contribution >= 0.6 is 0 Å². The predicted octanol–water partition coefficient (Wildman–Crippen LogP) is 41.4. The second-order valence-electron chi connectivity index (χ2n) is 40.6. The van der Waals surface area contributed by atoms with Crippen LogP contribution in [0.4, 0.5) is 0 Å². The molecule has 3 heteroatoms. The second kappa shape index (κ2) is 34.0. The molecule has 0 unspecified atom stereocenters. The van der Waals surface area contributed by atoms with E-state index in [4.69, 9.17) is 13.3 Å². The van der Waals surface area contributed by atoms with E-state index in [0.29, 0.717) is 0 Å². The van der Waals surface area contributed by atoms with Gasteiger partial charge in [-0.15, -0.1) is 0 Å². The average Bonchev–Trinajstić information content (AvgIpc) is 1.47. The molecule has 0 spiro atoms. The molecule has 3 heterocycles. The minimum absolute atomic E-state index is 0.0746. The Morgan fingerprint density at radius 1 is 0.129 bits per heavy atom. The number of rotatable bonds is 11. The minimum Gasteiger partial charge on any atom is -0.456 e. The van der Waals surface area contributed by atoms with Gasteiger partial charge >= 0.3 is 0 Å². The molecule has 686 valence electrons. The summed E-state index contributed by atoms with van der Waals surface area (Å²) in [7, 11) is 0. The van der Waals surface area contributed by atoms with Gasteiger partial charge in [-0.2, -0.15) is 0 Å². The summed E-state index contributed by atoms with van der Waals surface area (Å²) in [6, 6.07) is 184. The van der Waals surface area contributed by atoms with Crippen LogP contribution in [0.1, 0.15) is 26.3 Å². The quantitative estimate of drug-likeness (QED) is 0.121. The molecule has 0 aliphatic carbocycles. The molecule has 0 fully saturated rings. The number of hydrogen-bond acceptors (Lipinski definition) is 3. The summed E-state index contributed by atoms with van der Waals surface area (Å²) in [6.07, 6.45) is 0. The summed E-state index contributed by atoms with van der Waals surface area (Å²) in [5.41, 5.74) is 33.8. The molecule has 0 N–H and O–H groups in total. The molecule has 0 radical (unpaired) electrons. The first-order valence-corrected chi connectivity index (χ1v) is 50.9. The van der Waals surface area contributed by atoms with Crippen molar-refractivity contribution in [1.82, 2.24) is 0 Å². The third kappa shape index (κ3) is 14.2. The SMILES string of the molecule is CC(C)(C)c1cc2ccc3c(-c4ccccc4)cc(-c4ccccc4-c4ccc5oc6ccccc6c5c4)c4ccc(c1)c2c34.c1ccc2c(-c3ccc(-c4ccc5ccc6c(-c7ccc(-c8cccc9c8oc8ccccc89)cc7)ccc7ccc4c5c76)cc3)cccc2c1.c1ccc2cc(-c3ccc(-c4ccc5ccc6c(-c7ccc(-c8cccc9c8oc8ccccc89)cc7)ccc7ccc4c5c76)cc3)ccc2c1. The molecule has 0 atom stereocenters. The Morgan fingerprint density at radius 3 is 0.932 bits per heavy atom. The number of para-hydroxylation sites is 5. The summed E-state index contributed by atoms with van der Waals surface area (Å²) >= 11 is 0. The Hall–Kier alpha value is -18.8. The minimum atomic E-state index is 0.0746. The molecule has 147 heavy (non-hydrogen) atoms. The fraction of sp³-hybridized carbons (Fsp3) is 0.0278. The van der Waals surface area contributed by atoms with Crippen molar-refractivity contribution >= 4 is 184 Å². The van der Waals surface area contributed by atoms with Crippen molar-refractivity contribution in [3.05, 3.63) is 509 Å². The Kier molecular flexibility index (Phi) is 19.6. The van der Waals surface area contributed by atoms with Crippen LogP contribution in [0.15, 0.2) is 517 Å². The summed E-state index contributed by atoms with van der Waals surface area (Å²) < 4.78 is 18.9. The lowest BCUT2D eigenvalue weighted by Crippen LogP contribution is -2.10. The van der Waals surface area contributed by atoms with E-state index >= 15 is 0 Å². The molecule has 0 amide bonds. The number of hydrogen-bond donors (Lipinski definition) is 0. The highest BCUT2D eigenvalue weighted by atomic mass is 16.3. The molecule has 0 aliphatic rings. The summed E-state index contributed by atoms with van der Waals surface area (Å²) in [5.74, 6) is 0. The average molecular weight is 1870 g/mol. The van der Waals surface area contributed by atoms with Gasteiger partial charge in [-0.05, 0) is 283 Å². The van der Waals surface area contributed by atoms with E-state index in [1.165, 1.54) is 224 Å². The van der Waals surface area contributed by atoms with Crippen molar-refractivity contribution < 1.29 is 13.3 Å². The fourth-order valence-electron chi connectivity index (χ4n) is 24.0. The summed E-state index contributed by atoms with van der Waals surface area (Å²) in [6.45, 7) is 6.89. The van der Waals surface area contributed by atoms with Crippen LogP contribution in [0.25, 0.3) is 307 Å². The Labute approximate surface area is 849 Å². The van der Waals surface area contributed by atoms with Crippen molar-refractivity contribution in [3.63, 3.8) is 0 Å². The first-order chi connectivity index (χ1) is 72.5. The molecule has 31 rings (SSSR count). The van der Waals surface area contributed by atoms with E-state index in [-0.39, 0.29) is 5.41 Å². The predicted molar refractivity (Wildman–Crippen MR) is 626 cm³/mol. The zero-order valence-corrected chi connectivity index (χ0v) is 81.1. The van der Waals surface area contributed by atoms with E-state index < -0.39 is 0 Å². The highest BCUT2D eigenvalue weighted by molar-refractivity contribution is 6.32. The van der Waals surface area contributed by atoms with E-state index in [1.807, 2.05) is 36.4 Å². The van der Waals surface area contributed by atoms with Crippen molar-refractivity contribution in [2.45, 2.75) is 26.2 Å². The zero-order chi connectivity index (χ0) is 97.2. The molecular formula is C144H92O3. The Bertz CT molecular complexity index is 10700. The smallest absolute Gasteiger partial charge is 0.143 e. The van der Waals surface area contributed by atoms with Gasteiger partial charge in [0.25, 0.3) is 0 Å². The van der Waals surface area contributed by atoms with Gasteiger partial charge < -0.3 is 13.3 Å². The van der Waals surface area contributed by atoms with Crippen LogP contribution in [0, 0.1) is 0 Å². The monoisotopic (exact) mass is 1870 g/mol. The fourth-order valence-corrected chi connectivity index (χ4v) is 24.0.